The van der Waals surface area contributed by atoms with Gasteiger partial charge in [-0.3, -0.25) is 14.4 Å². The molecular formula is C21H35N5O. The van der Waals surface area contributed by atoms with Gasteiger partial charge in [0, 0.05) is 30.2 Å². The Hall–Kier alpha value is -1.43. The monoisotopic (exact) mass is 373 g/mol. The molecule has 1 aromatic heterocycles. The third-order valence-electron chi connectivity index (χ3n) is 6.87. The summed E-state index contributed by atoms with van der Waals surface area (Å²) in [6, 6.07) is 0.903. The van der Waals surface area contributed by atoms with Gasteiger partial charge in [-0.1, -0.05) is 45.2 Å². The number of rotatable bonds is 4. The van der Waals surface area contributed by atoms with Crippen molar-refractivity contribution in [2.24, 2.45) is 11.8 Å². The van der Waals surface area contributed by atoms with E-state index in [0.717, 1.165) is 51.0 Å². The number of amides is 1. The largest absolute Gasteiger partial charge is 0.353 e. The van der Waals surface area contributed by atoms with Crippen LogP contribution in [0.25, 0.3) is 0 Å². The lowest BCUT2D eigenvalue weighted by molar-refractivity contribution is -0.134. The van der Waals surface area contributed by atoms with Gasteiger partial charge in [0.15, 0.2) is 0 Å². The summed E-state index contributed by atoms with van der Waals surface area (Å²) < 4.78 is 2.00. The first kappa shape index (κ1) is 18.9. The van der Waals surface area contributed by atoms with Crippen molar-refractivity contribution < 1.29 is 4.79 Å². The number of piperidine rings is 3. The van der Waals surface area contributed by atoms with Gasteiger partial charge in [-0.2, -0.15) is 0 Å². The van der Waals surface area contributed by atoms with Gasteiger partial charge in [-0.15, -0.1) is 5.10 Å². The molecule has 6 nitrogen and oxygen atoms in total. The van der Waals surface area contributed by atoms with Crippen molar-refractivity contribution >= 4 is 5.91 Å². The maximum Gasteiger partial charge on any atom is 0.224 e. The van der Waals surface area contributed by atoms with E-state index in [1.807, 2.05) is 4.68 Å². The quantitative estimate of drug-likeness (QED) is 0.881. The summed E-state index contributed by atoms with van der Waals surface area (Å²) in [5.74, 6) is 1.01. The summed E-state index contributed by atoms with van der Waals surface area (Å²) in [5.41, 5.74) is 1.08. The first-order valence-electron chi connectivity index (χ1n) is 10.8. The summed E-state index contributed by atoms with van der Waals surface area (Å²) in [4.78, 5) is 15.4. The first-order valence-corrected chi connectivity index (χ1v) is 10.8. The lowest BCUT2D eigenvalue weighted by Gasteiger charge is -2.49. The minimum absolute atomic E-state index is 0.0341. The molecule has 6 heteroatoms. The molecule has 1 saturated carbocycles. The molecular weight excluding hydrogens is 338 g/mol. The zero-order chi connectivity index (χ0) is 19.0. The summed E-state index contributed by atoms with van der Waals surface area (Å²) >= 11 is 0. The van der Waals surface area contributed by atoms with Crippen LogP contribution in [-0.4, -0.2) is 51.0 Å². The van der Waals surface area contributed by atoms with Crippen LogP contribution >= 0.6 is 0 Å². The highest BCUT2D eigenvalue weighted by atomic mass is 16.2. The Balaban J connectivity index is 1.34. The molecule has 3 aliphatic heterocycles. The van der Waals surface area contributed by atoms with Gasteiger partial charge in [0.25, 0.3) is 0 Å². The van der Waals surface area contributed by atoms with Crippen LogP contribution in [-0.2, 0) is 16.8 Å². The molecule has 1 aromatic rings. The Bertz CT molecular complexity index is 658. The minimum Gasteiger partial charge on any atom is -0.353 e. The van der Waals surface area contributed by atoms with Crippen molar-refractivity contribution in [3.05, 3.63) is 11.9 Å². The average molecular weight is 374 g/mol. The van der Waals surface area contributed by atoms with Crippen molar-refractivity contribution in [2.75, 3.05) is 13.1 Å². The Morgan fingerprint density at radius 3 is 2.63 bits per heavy atom. The smallest absolute Gasteiger partial charge is 0.224 e. The second-order valence-corrected chi connectivity index (χ2v) is 9.96. The normalized spacial score (nSPS) is 31.8. The number of fused-ring (bicyclic) bond motifs is 3. The highest BCUT2D eigenvalue weighted by Gasteiger charge is 2.43. The molecule has 4 heterocycles. The zero-order valence-corrected chi connectivity index (χ0v) is 17.2. The molecule has 2 bridgehead atoms. The van der Waals surface area contributed by atoms with Gasteiger partial charge < -0.3 is 5.32 Å². The second-order valence-electron chi connectivity index (χ2n) is 9.96. The van der Waals surface area contributed by atoms with Crippen molar-refractivity contribution in [2.45, 2.75) is 89.8 Å². The van der Waals surface area contributed by atoms with E-state index < -0.39 is 0 Å². The van der Waals surface area contributed by atoms with Crippen LogP contribution in [0.15, 0.2) is 6.20 Å². The van der Waals surface area contributed by atoms with E-state index in [2.05, 4.69) is 47.5 Å². The second kappa shape index (κ2) is 7.53. The van der Waals surface area contributed by atoms with E-state index in [0.29, 0.717) is 23.9 Å². The van der Waals surface area contributed by atoms with Crippen molar-refractivity contribution in [1.82, 2.24) is 25.2 Å². The molecule has 1 amide bonds. The fourth-order valence-corrected chi connectivity index (χ4v) is 5.13. The number of nitrogens with zero attached hydrogens (tertiary/aromatic N) is 4. The standard InChI is InChI=1S/C21H35N5O/c1-21(2,3)19-14-26(24-23-19)12-17-11-15-9-10-25(17)13-18(15)20(27)22-16-7-5-4-6-8-16/h14-18H,4-13H2,1-3H3,(H,22,27). The van der Waals surface area contributed by atoms with Crippen LogP contribution in [0.5, 0.6) is 0 Å². The molecule has 4 aliphatic rings. The van der Waals surface area contributed by atoms with E-state index in [-0.39, 0.29) is 11.3 Å². The maximum absolute atomic E-state index is 12.9. The lowest BCUT2D eigenvalue weighted by Crippen LogP contribution is -2.58. The Kier molecular flexibility index (Phi) is 5.28. The van der Waals surface area contributed by atoms with E-state index in [1.54, 1.807) is 0 Å². The van der Waals surface area contributed by atoms with Gasteiger partial charge in [0.2, 0.25) is 5.91 Å². The van der Waals surface area contributed by atoms with E-state index >= 15 is 0 Å². The molecule has 0 spiro atoms. The number of hydrogen-bond donors (Lipinski definition) is 1. The number of carbonyl (C=O) groups excluding carboxylic acids is 1. The number of aromatic nitrogens is 3. The topological polar surface area (TPSA) is 63.1 Å². The third-order valence-corrected chi connectivity index (χ3v) is 6.87. The van der Waals surface area contributed by atoms with Crippen molar-refractivity contribution in [3.8, 4) is 0 Å². The van der Waals surface area contributed by atoms with E-state index in [4.69, 9.17) is 0 Å². The third kappa shape index (κ3) is 4.20. The van der Waals surface area contributed by atoms with E-state index in [1.165, 1.54) is 19.3 Å². The van der Waals surface area contributed by atoms with Crippen LogP contribution < -0.4 is 5.32 Å². The van der Waals surface area contributed by atoms with Crippen LogP contribution in [0.1, 0.15) is 71.4 Å². The molecule has 4 fully saturated rings. The van der Waals surface area contributed by atoms with Crippen LogP contribution in [0, 0.1) is 11.8 Å². The van der Waals surface area contributed by atoms with Crippen LogP contribution in [0.4, 0.5) is 0 Å². The summed E-state index contributed by atoms with van der Waals surface area (Å²) in [7, 11) is 0. The summed E-state index contributed by atoms with van der Waals surface area (Å²) in [6.45, 7) is 9.42. The van der Waals surface area contributed by atoms with E-state index in [9.17, 15) is 4.79 Å². The molecule has 4 atom stereocenters. The molecule has 1 aliphatic carbocycles. The lowest BCUT2D eigenvalue weighted by atomic mass is 9.75. The van der Waals surface area contributed by atoms with Gasteiger partial charge in [-0.25, -0.2) is 0 Å². The fourth-order valence-electron chi connectivity index (χ4n) is 5.13. The fraction of sp³-hybridized carbons (Fsp3) is 0.857. The molecule has 0 radical (unpaired) electrons. The maximum atomic E-state index is 12.9. The van der Waals surface area contributed by atoms with Gasteiger partial charge in [-0.05, 0) is 38.1 Å². The SMILES string of the molecule is CC(C)(C)c1cn(CC2CC3CCN2CC3C(=O)NC2CCCCC2)nn1. The van der Waals surface area contributed by atoms with Crippen molar-refractivity contribution in [3.63, 3.8) is 0 Å². The molecule has 3 saturated heterocycles. The van der Waals surface area contributed by atoms with Crippen LogP contribution in [0.3, 0.4) is 0 Å². The molecule has 0 aromatic carbocycles. The highest BCUT2D eigenvalue weighted by molar-refractivity contribution is 5.79. The Morgan fingerprint density at radius 1 is 1.22 bits per heavy atom. The van der Waals surface area contributed by atoms with Gasteiger partial charge >= 0.3 is 0 Å². The highest BCUT2D eigenvalue weighted by Crippen LogP contribution is 2.37. The molecule has 150 valence electrons. The average Bonchev–Trinajstić information content (AvgIpc) is 3.12. The number of hydrogen-bond acceptors (Lipinski definition) is 4. The number of carbonyl (C=O) groups is 1. The van der Waals surface area contributed by atoms with Crippen LogP contribution in [0.2, 0.25) is 0 Å². The van der Waals surface area contributed by atoms with Gasteiger partial charge in [0.05, 0.1) is 18.2 Å². The predicted molar refractivity (Wildman–Crippen MR) is 105 cm³/mol. The molecule has 27 heavy (non-hydrogen) atoms. The summed E-state index contributed by atoms with van der Waals surface area (Å²) in [5, 5.41) is 12.1. The molecule has 4 unspecified atom stereocenters. The zero-order valence-electron chi connectivity index (χ0n) is 17.2. The summed E-state index contributed by atoms with van der Waals surface area (Å²) in [6.07, 6.45) is 10.5. The van der Waals surface area contributed by atoms with Crippen molar-refractivity contribution in [1.29, 1.82) is 0 Å². The van der Waals surface area contributed by atoms with Gasteiger partial charge in [0.1, 0.15) is 0 Å². The predicted octanol–water partition coefficient (Wildman–Crippen LogP) is 2.73. The first-order chi connectivity index (χ1) is 12.9. The molecule has 5 rings (SSSR count). The number of nitrogens with one attached hydrogen (secondary N) is 1. The molecule has 1 N–H and O–H groups in total. The minimum atomic E-state index is 0.0341. The Labute approximate surface area is 163 Å². The Morgan fingerprint density at radius 2 is 2.00 bits per heavy atom.